The summed E-state index contributed by atoms with van der Waals surface area (Å²) in [4.78, 5) is 13.6. The topological polar surface area (TPSA) is 64.6 Å². The summed E-state index contributed by atoms with van der Waals surface area (Å²) in [5.41, 5.74) is 4.37. The molecule has 0 radical (unpaired) electrons. The summed E-state index contributed by atoms with van der Waals surface area (Å²) < 4.78 is 0. The number of carbonyl (C=O) groups is 1. The summed E-state index contributed by atoms with van der Waals surface area (Å²) >= 11 is 0. The maximum absolute atomic E-state index is 10.9. The van der Waals surface area contributed by atoms with Crippen LogP contribution in [0.5, 0.6) is 5.75 Å². The van der Waals surface area contributed by atoms with Crippen molar-refractivity contribution in [2.45, 2.75) is 70.8 Å². The number of phenolic OH excluding ortho intramolecular Hbond substituents is 1. The molecule has 0 spiro atoms. The first kappa shape index (κ1) is 25.3. The second kappa shape index (κ2) is 14.0. The Morgan fingerprint density at radius 3 is 2.64 bits per heavy atom. The number of anilines is 1. The number of hydrogen-bond donors (Lipinski definition) is 3. The molecule has 5 nitrogen and oxygen atoms in total. The molecule has 2 aromatic rings. The van der Waals surface area contributed by atoms with Crippen LogP contribution in [0.2, 0.25) is 0 Å². The van der Waals surface area contributed by atoms with Crippen LogP contribution in [-0.4, -0.2) is 48.6 Å². The molecule has 33 heavy (non-hydrogen) atoms. The van der Waals surface area contributed by atoms with Crippen LogP contribution in [0, 0.1) is 0 Å². The minimum absolute atomic E-state index is 0.166. The zero-order chi connectivity index (χ0) is 23.3. The van der Waals surface area contributed by atoms with E-state index in [1.54, 1.807) is 6.07 Å². The first-order chi connectivity index (χ1) is 16.2. The fourth-order valence-corrected chi connectivity index (χ4v) is 5.04. The number of hydrogen-bond acceptors (Lipinski definition) is 4. The monoisotopic (exact) mass is 451 g/mol. The predicted octanol–water partition coefficient (Wildman–Crippen LogP) is 4.92. The highest BCUT2D eigenvalue weighted by Gasteiger charge is 2.26. The molecule has 1 unspecified atom stereocenters. The normalized spacial score (nSPS) is 15.4. The molecule has 0 bridgehead atoms. The van der Waals surface area contributed by atoms with Gasteiger partial charge in [-0.25, -0.2) is 0 Å². The lowest BCUT2D eigenvalue weighted by molar-refractivity contribution is -0.105. The number of aromatic hydroxyl groups is 1. The van der Waals surface area contributed by atoms with E-state index in [2.05, 4.69) is 52.8 Å². The fourth-order valence-electron chi connectivity index (χ4n) is 5.04. The van der Waals surface area contributed by atoms with Gasteiger partial charge in [0.25, 0.3) is 0 Å². The SMILES string of the molecule is CCCN(CCCCCCNCCc1ccccc1)C1CCc2c(ccc(O)c2NC=O)C1. The number of unbranched alkanes of at least 4 members (excludes halogenated alkanes) is 3. The van der Waals surface area contributed by atoms with Crippen LogP contribution in [0.4, 0.5) is 5.69 Å². The molecule has 0 fully saturated rings. The molecule has 0 saturated carbocycles. The number of nitrogens with one attached hydrogen (secondary N) is 2. The van der Waals surface area contributed by atoms with Gasteiger partial charge in [-0.15, -0.1) is 0 Å². The average Bonchev–Trinajstić information content (AvgIpc) is 2.84. The molecule has 3 N–H and O–H groups in total. The van der Waals surface area contributed by atoms with Crippen LogP contribution in [0.1, 0.15) is 62.1 Å². The van der Waals surface area contributed by atoms with Crippen molar-refractivity contribution in [3.05, 3.63) is 59.2 Å². The third-order valence-electron chi connectivity index (χ3n) is 6.78. The Bertz CT molecular complexity index is 841. The third kappa shape index (κ3) is 7.86. The zero-order valence-corrected chi connectivity index (χ0v) is 20.2. The van der Waals surface area contributed by atoms with Gasteiger partial charge in [0.1, 0.15) is 5.75 Å². The fraction of sp³-hybridized carbons (Fsp3) is 0.536. The molecule has 1 aliphatic carbocycles. The molecule has 5 heteroatoms. The van der Waals surface area contributed by atoms with Crippen LogP contribution in [-0.2, 0) is 24.1 Å². The van der Waals surface area contributed by atoms with Gasteiger partial charge >= 0.3 is 0 Å². The van der Waals surface area contributed by atoms with E-state index in [4.69, 9.17) is 0 Å². The minimum Gasteiger partial charge on any atom is -0.506 e. The van der Waals surface area contributed by atoms with E-state index in [1.807, 2.05) is 6.07 Å². The molecule has 0 heterocycles. The predicted molar refractivity (Wildman–Crippen MR) is 137 cm³/mol. The number of phenols is 1. The van der Waals surface area contributed by atoms with Crippen molar-refractivity contribution in [3.63, 3.8) is 0 Å². The number of amides is 1. The maximum Gasteiger partial charge on any atom is 0.211 e. The lowest BCUT2D eigenvalue weighted by atomic mass is 9.86. The summed E-state index contributed by atoms with van der Waals surface area (Å²) in [7, 11) is 0. The number of fused-ring (bicyclic) bond motifs is 1. The van der Waals surface area contributed by atoms with E-state index in [1.165, 1.54) is 43.2 Å². The van der Waals surface area contributed by atoms with E-state index in [-0.39, 0.29) is 5.75 Å². The van der Waals surface area contributed by atoms with E-state index in [0.29, 0.717) is 18.1 Å². The Labute approximate surface area is 199 Å². The van der Waals surface area contributed by atoms with Gasteiger partial charge in [0.2, 0.25) is 6.41 Å². The molecule has 1 atom stereocenters. The van der Waals surface area contributed by atoms with Gasteiger partial charge < -0.3 is 20.6 Å². The van der Waals surface area contributed by atoms with Crippen molar-refractivity contribution < 1.29 is 9.90 Å². The summed E-state index contributed by atoms with van der Waals surface area (Å²) in [5.74, 6) is 0.166. The van der Waals surface area contributed by atoms with Crippen molar-refractivity contribution in [1.29, 1.82) is 0 Å². The standard InChI is InChI=1S/C28H41N3O2/c1-2-19-31(20-9-4-3-8-17-29-18-16-23-10-6-5-7-11-23)25-13-14-26-24(21-25)12-15-27(33)28(26)30-22-32/h5-7,10-12,15,22,25,29,33H,2-4,8-9,13-14,16-21H2,1H3,(H,30,32). The lowest BCUT2D eigenvalue weighted by Crippen LogP contribution is -2.40. The van der Waals surface area contributed by atoms with Crippen molar-refractivity contribution in [2.75, 3.05) is 31.5 Å². The molecule has 180 valence electrons. The smallest absolute Gasteiger partial charge is 0.211 e. The van der Waals surface area contributed by atoms with Gasteiger partial charge in [0, 0.05) is 6.04 Å². The van der Waals surface area contributed by atoms with Crippen LogP contribution in [0.25, 0.3) is 0 Å². The molecule has 1 amide bonds. The summed E-state index contributed by atoms with van der Waals surface area (Å²) in [6, 6.07) is 15.0. The van der Waals surface area contributed by atoms with E-state index in [0.717, 1.165) is 57.4 Å². The van der Waals surface area contributed by atoms with Crippen molar-refractivity contribution in [3.8, 4) is 5.75 Å². The maximum atomic E-state index is 10.9. The molecule has 1 aliphatic rings. The Morgan fingerprint density at radius 1 is 1.03 bits per heavy atom. The second-order valence-electron chi connectivity index (χ2n) is 9.19. The average molecular weight is 452 g/mol. The number of rotatable bonds is 15. The number of benzene rings is 2. The van der Waals surface area contributed by atoms with E-state index >= 15 is 0 Å². The van der Waals surface area contributed by atoms with Crippen LogP contribution in [0.15, 0.2) is 42.5 Å². The van der Waals surface area contributed by atoms with Gasteiger partial charge in [0.05, 0.1) is 5.69 Å². The second-order valence-corrected chi connectivity index (χ2v) is 9.19. The first-order valence-electron chi connectivity index (χ1n) is 12.8. The van der Waals surface area contributed by atoms with E-state index < -0.39 is 0 Å². The molecular weight excluding hydrogens is 410 g/mol. The number of carbonyl (C=O) groups excluding carboxylic acids is 1. The molecule has 3 rings (SSSR count). The minimum atomic E-state index is 0.166. The molecular formula is C28H41N3O2. The zero-order valence-electron chi connectivity index (χ0n) is 20.2. The van der Waals surface area contributed by atoms with E-state index in [9.17, 15) is 9.90 Å². The molecule has 0 aromatic heterocycles. The van der Waals surface area contributed by atoms with Gasteiger partial charge in [0.15, 0.2) is 0 Å². The quantitative estimate of drug-likeness (QED) is 0.204. The largest absolute Gasteiger partial charge is 0.506 e. The summed E-state index contributed by atoms with van der Waals surface area (Å²) in [5, 5.41) is 16.4. The molecule has 0 saturated heterocycles. The van der Waals surface area contributed by atoms with Crippen LogP contribution < -0.4 is 10.6 Å². The van der Waals surface area contributed by atoms with Gasteiger partial charge in [-0.2, -0.15) is 0 Å². The lowest BCUT2D eigenvalue weighted by Gasteiger charge is -2.36. The van der Waals surface area contributed by atoms with Crippen molar-refractivity contribution in [2.24, 2.45) is 0 Å². The van der Waals surface area contributed by atoms with Gasteiger partial charge in [-0.3, -0.25) is 4.79 Å². The highest BCUT2D eigenvalue weighted by Crippen LogP contribution is 2.35. The first-order valence-corrected chi connectivity index (χ1v) is 12.8. The molecule has 2 aromatic carbocycles. The highest BCUT2D eigenvalue weighted by atomic mass is 16.3. The van der Waals surface area contributed by atoms with Crippen LogP contribution >= 0.6 is 0 Å². The Balaban J connectivity index is 1.35. The Kier molecular flexibility index (Phi) is 10.7. The number of nitrogens with zero attached hydrogens (tertiary/aromatic N) is 1. The summed E-state index contributed by atoms with van der Waals surface area (Å²) in [6.07, 6.45) is 11.0. The molecule has 0 aliphatic heterocycles. The Hall–Kier alpha value is -2.37. The Morgan fingerprint density at radius 2 is 1.85 bits per heavy atom. The van der Waals surface area contributed by atoms with Crippen molar-refractivity contribution in [1.82, 2.24) is 10.2 Å². The van der Waals surface area contributed by atoms with Gasteiger partial charge in [-0.05, 0) is 93.9 Å². The van der Waals surface area contributed by atoms with Crippen molar-refractivity contribution >= 4 is 12.1 Å². The summed E-state index contributed by atoms with van der Waals surface area (Å²) in [6.45, 7) is 6.72. The highest BCUT2D eigenvalue weighted by molar-refractivity contribution is 5.78. The third-order valence-corrected chi connectivity index (χ3v) is 6.78. The van der Waals surface area contributed by atoms with Gasteiger partial charge in [-0.1, -0.05) is 56.2 Å². The van der Waals surface area contributed by atoms with Crippen LogP contribution in [0.3, 0.4) is 0 Å².